The molecule has 0 aromatic rings. The summed E-state index contributed by atoms with van der Waals surface area (Å²) in [5.41, 5.74) is 0. The molecule has 1 fully saturated rings. The Hall–Kier alpha value is -0.650. The Bertz CT molecular complexity index is 291. The van der Waals surface area contributed by atoms with E-state index in [0.717, 1.165) is 51.5 Å². The average molecular weight is 300 g/mol. The van der Waals surface area contributed by atoms with Crippen molar-refractivity contribution in [2.45, 2.75) is 45.1 Å². The maximum atomic E-state index is 11.2. The van der Waals surface area contributed by atoms with E-state index in [2.05, 4.69) is 16.8 Å². The van der Waals surface area contributed by atoms with Gasteiger partial charge < -0.3 is 14.7 Å². The lowest BCUT2D eigenvalue weighted by Crippen LogP contribution is -2.45. The van der Waals surface area contributed by atoms with Gasteiger partial charge >= 0.3 is 5.97 Å². The highest BCUT2D eigenvalue weighted by atomic mass is 16.5. The summed E-state index contributed by atoms with van der Waals surface area (Å²) in [6.07, 6.45) is 5.47. The number of nitrogens with zero attached hydrogens (tertiary/aromatic N) is 2. The monoisotopic (exact) mass is 300 g/mol. The van der Waals surface area contributed by atoms with Crippen LogP contribution in [-0.4, -0.2) is 73.9 Å². The topological polar surface area (TPSA) is 53.0 Å². The number of carboxylic acid groups (broad SMARTS) is 1. The standard InChI is InChI=1S/C16H32N2O3/c1-4-15(16(19)20)18-10-7-14(8-11-18)6-5-9-17(2)12-13-21-3/h14-15H,4-13H2,1-3H3,(H,19,20). The van der Waals surface area contributed by atoms with Crippen LogP contribution >= 0.6 is 0 Å². The molecule has 1 rings (SSSR count). The van der Waals surface area contributed by atoms with Gasteiger partial charge in [0.05, 0.1) is 6.61 Å². The van der Waals surface area contributed by atoms with Crippen LogP contribution in [-0.2, 0) is 9.53 Å². The first kappa shape index (κ1) is 18.4. The van der Waals surface area contributed by atoms with Gasteiger partial charge in [0.2, 0.25) is 0 Å². The second kappa shape index (κ2) is 10.1. The third-order valence-electron chi connectivity index (χ3n) is 4.59. The van der Waals surface area contributed by atoms with E-state index in [1.54, 1.807) is 7.11 Å². The lowest BCUT2D eigenvalue weighted by atomic mass is 9.91. The predicted octanol–water partition coefficient (Wildman–Crippen LogP) is 1.92. The zero-order chi connectivity index (χ0) is 15.7. The molecule has 0 aromatic heterocycles. The summed E-state index contributed by atoms with van der Waals surface area (Å²) in [4.78, 5) is 15.6. The van der Waals surface area contributed by atoms with E-state index in [0.29, 0.717) is 6.42 Å². The minimum Gasteiger partial charge on any atom is -0.480 e. The van der Waals surface area contributed by atoms with Crippen LogP contribution in [0.25, 0.3) is 0 Å². The quantitative estimate of drug-likeness (QED) is 0.668. The molecule has 0 bridgehead atoms. The van der Waals surface area contributed by atoms with E-state index in [9.17, 15) is 9.90 Å². The normalized spacial score (nSPS) is 19.0. The van der Waals surface area contributed by atoms with Gasteiger partial charge in [-0.05, 0) is 64.7 Å². The van der Waals surface area contributed by atoms with Crippen molar-refractivity contribution in [2.75, 3.05) is 46.9 Å². The van der Waals surface area contributed by atoms with Crippen LogP contribution in [0.1, 0.15) is 39.0 Å². The number of hydrogen-bond donors (Lipinski definition) is 1. The molecule has 0 saturated carbocycles. The predicted molar refractivity (Wildman–Crippen MR) is 84.6 cm³/mol. The number of aliphatic carboxylic acids is 1. The van der Waals surface area contributed by atoms with E-state index < -0.39 is 5.97 Å². The van der Waals surface area contributed by atoms with E-state index >= 15 is 0 Å². The molecular weight excluding hydrogens is 268 g/mol. The van der Waals surface area contributed by atoms with Gasteiger partial charge in [-0.25, -0.2) is 0 Å². The summed E-state index contributed by atoms with van der Waals surface area (Å²) in [6.45, 7) is 6.75. The molecule has 1 saturated heterocycles. The van der Waals surface area contributed by atoms with Gasteiger partial charge in [-0.3, -0.25) is 9.69 Å². The Morgan fingerprint density at radius 1 is 1.38 bits per heavy atom. The molecule has 5 heteroatoms. The zero-order valence-electron chi connectivity index (χ0n) is 13.9. The second-order valence-electron chi connectivity index (χ2n) is 6.18. The molecule has 1 unspecified atom stereocenters. The van der Waals surface area contributed by atoms with Gasteiger partial charge in [0.15, 0.2) is 0 Å². The van der Waals surface area contributed by atoms with Gasteiger partial charge in [-0.15, -0.1) is 0 Å². The van der Waals surface area contributed by atoms with Crippen molar-refractivity contribution in [3.63, 3.8) is 0 Å². The summed E-state index contributed by atoms with van der Waals surface area (Å²) < 4.78 is 5.08. The van der Waals surface area contributed by atoms with Crippen LogP contribution in [0.3, 0.4) is 0 Å². The van der Waals surface area contributed by atoms with Gasteiger partial charge in [0.1, 0.15) is 6.04 Å². The van der Waals surface area contributed by atoms with Crippen LogP contribution < -0.4 is 0 Å². The van der Waals surface area contributed by atoms with Crippen molar-refractivity contribution < 1.29 is 14.6 Å². The number of methoxy groups -OCH3 is 1. The Morgan fingerprint density at radius 3 is 2.57 bits per heavy atom. The maximum absolute atomic E-state index is 11.2. The first-order valence-electron chi connectivity index (χ1n) is 8.22. The number of ether oxygens (including phenoxy) is 1. The fourth-order valence-corrected chi connectivity index (χ4v) is 3.15. The van der Waals surface area contributed by atoms with Gasteiger partial charge in [0.25, 0.3) is 0 Å². The first-order chi connectivity index (χ1) is 10.1. The van der Waals surface area contributed by atoms with E-state index in [1.165, 1.54) is 12.8 Å². The van der Waals surface area contributed by atoms with Gasteiger partial charge in [-0.1, -0.05) is 6.92 Å². The smallest absolute Gasteiger partial charge is 0.320 e. The highest BCUT2D eigenvalue weighted by Crippen LogP contribution is 2.24. The minimum atomic E-state index is -0.671. The minimum absolute atomic E-state index is 0.286. The average Bonchev–Trinajstić information content (AvgIpc) is 2.47. The highest BCUT2D eigenvalue weighted by molar-refractivity contribution is 5.73. The molecule has 0 aliphatic carbocycles. The second-order valence-corrected chi connectivity index (χ2v) is 6.18. The summed E-state index contributed by atoms with van der Waals surface area (Å²) in [5, 5.41) is 9.21. The number of likely N-dealkylation sites (N-methyl/N-ethyl adjacent to an activating group) is 1. The van der Waals surface area contributed by atoms with E-state index in [4.69, 9.17) is 4.74 Å². The molecule has 1 heterocycles. The van der Waals surface area contributed by atoms with Crippen molar-refractivity contribution in [1.29, 1.82) is 0 Å². The number of carbonyl (C=O) groups is 1. The van der Waals surface area contributed by atoms with Crippen LogP contribution in [0.4, 0.5) is 0 Å². The third-order valence-corrected chi connectivity index (χ3v) is 4.59. The van der Waals surface area contributed by atoms with Crippen LogP contribution in [0.2, 0.25) is 0 Å². The summed E-state index contributed by atoms with van der Waals surface area (Å²) in [6, 6.07) is -0.286. The SMILES string of the molecule is CCC(C(=O)O)N1CCC(CCCN(C)CCOC)CC1. The molecular formula is C16H32N2O3. The summed E-state index contributed by atoms with van der Waals surface area (Å²) >= 11 is 0. The molecule has 21 heavy (non-hydrogen) atoms. The summed E-state index contributed by atoms with van der Waals surface area (Å²) in [5.74, 6) is 0.0964. The number of rotatable bonds is 10. The van der Waals surface area contributed by atoms with Gasteiger partial charge in [0, 0.05) is 13.7 Å². The molecule has 1 aliphatic heterocycles. The molecule has 1 aliphatic rings. The fourth-order valence-electron chi connectivity index (χ4n) is 3.15. The number of likely N-dealkylation sites (tertiary alicyclic amines) is 1. The summed E-state index contributed by atoms with van der Waals surface area (Å²) in [7, 11) is 3.88. The van der Waals surface area contributed by atoms with Gasteiger partial charge in [-0.2, -0.15) is 0 Å². The molecule has 124 valence electrons. The fraction of sp³-hybridized carbons (Fsp3) is 0.938. The molecule has 0 spiro atoms. The number of piperidine rings is 1. The van der Waals surface area contributed by atoms with Crippen molar-refractivity contribution in [3.8, 4) is 0 Å². The Balaban J connectivity index is 2.17. The molecule has 0 radical (unpaired) electrons. The van der Waals surface area contributed by atoms with E-state index in [-0.39, 0.29) is 6.04 Å². The van der Waals surface area contributed by atoms with Crippen LogP contribution in [0.5, 0.6) is 0 Å². The third kappa shape index (κ3) is 6.76. The molecule has 5 nitrogen and oxygen atoms in total. The number of carboxylic acids is 1. The molecule has 0 aromatic carbocycles. The largest absolute Gasteiger partial charge is 0.480 e. The van der Waals surface area contributed by atoms with E-state index in [1.807, 2.05) is 6.92 Å². The van der Waals surface area contributed by atoms with Crippen molar-refractivity contribution in [1.82, 2.24) is 9.80 Å². The molecule has 0 amide bonds. The van der Waals surface area contributed by atoms with Crippen molar-refractivity contribution in [3.05, 3.63) is 0 Å². The molecule has 1 N–H and O–H groups in total. The lowest BCUT2D eigenvalue weighted by Gasteiger charge is -2.35. The highest BCUT2D eigenvalue weighted by Gasteiger charge is 2.27. The van der Waals surface area contributed by atoms with Crippen molar-refractivity contribution in [2.24, 2.45) is 5.92 Å². The zero-order valence-corrected chi connectivity index (χ0v) is 13.9. The Labute approximate surface area is 129 Å². The lowest BCUT2D eigenvalue weighted by molar-refractivity contribution is -0.144. The molecule has 1 atom stereocenters. The maximum Gasteiger partial charge on any atom is 0.320 e. The van der Waals surface area contributed by atoms with Crippen molar-refractivity contribution >= 4 is 5.97 Å². The van der Waals surface area contributed by atoms with Crippen LogP contribution in [0.15, 0.2) is 0 Å². The Morgan fingerprint density at radius 2 is 2.05 bits per heavy atom. The first-order valence-corrected chi connectivity index (χ1v) is 8.22. The van der Waals surface area contributed by atoms with Crippen LogP contribution in [0, 0.1) is 5.92 Å². The number of hydrogen-bond acceptors (Lipinski definition) is 4. The Kier molecular flexibility index (Phi) is 8.88.